The predicted molar refractivity (Wildman–Crippen MR) is 127 cm³/mol. The van der Waals surface area contributed by atoms with E-state index in [1.165, 1.54) is 36.4 Å². The second kappa shape index (κ2) is 11.2. The Labute approximate surface area is 192 Å². The Balaban J connectivity index is 1.83. The highest BCUT2D eigenvalue weighted by atomic mass is 19.1. The maximum Gasteiger partial charge on any atom is 0.272 e. The fourth-order valence-electron chi connectivity index (χ4n) is 3.15. The zero-order valence-electron chi connectivity index (χ0n) is 18.6. The molecule has 0 aliphatic heterocycles. The van der Waals surface area contributed by atoms with E-state index in [1.807, 2.05) is 12.1 Å². The number of benzene rings is 3. The van der Waals surface area contributed by atoms with Crippen molar-refractivity contribution in [3.05, 3.63) is 106 Å². The van der Waals surface area contributed by atoms with Crippen molar-refractivity contribution in [2.24, 2.45) is 0 Å². The van der Waals surface area contributed by atoms with Crippen LogP contribution in [0.2, 0.25) is 0 Å². The summed E-state index contributed by atoms with van der Waals surface area (Å²) in [6.07, 6.45) is 4.52. The quantitative estimate of drug-likeness (QED) is 0.414. The number of amides is 2. The maximum atomic E-state index is 13.9. The molecule has 3 rings (SSSR count). The number of unbranched alkanes of at least 4 members (excludes halogenated alkanes) is 1. The van der Waals surface area contributed by atoms with Gasteiger partial charge in [-0.25, -0.2) is 8.78 Å². The fraction of sp³-hybridized carbons (Fsp3) is 0.185. The van der Waals surface area contributed by atoms with Gasteiger partial charge in [0.2, 0.25) is 0 Å². The van der Waals surface area contributed by atoms with Crippen LogP contribution in [0.4, 0.5) is 14.5 Å². The fourth-order valence-corrected chi connectivity index (χ4v) is 3.15. The monoisotopic (exact) mass is 448 g/mol. The first-order chi connectivity index (χ1) is 15.9. The highest BCUT2D eigenvalue weighted by molar-refractivity contribution is 6.10. The summed E-state index contributed by atoms with van der Waals surface area (Å²) in [4.78, 5) is 25.8. The lowest BCUT2D eigenvalue weighted by Crippen LogP contribution is -2.30. The lowest BCUT2D eigenvalue weighted by atomic mass is 10.1. The molecule has 0 aliphatic rings. The van der Waals surface area contributed by atoms with Crippen LogP contribution in [-0.2, 0) is 11.2 Å². The lowest BCUT2D eigenvalue weighted by molar-refractivity contribution is -0.113. The first-order valence-corrected chi connectivity index (χ1v) is 10.8. The molecule has 2 N–H and O–H groups in total. The third kappa shape index (κ3) is 6.84. The number of rotatable bonds is 8. The van der Waals surface area contributed by atoms with E-state index >= 15 is 0 Å². The highest BCUT2D eigenvalue weighted by Crippen LogP contribution is 2.16. The number of nitrogens with one attached hydrogen (secondary N) is 2. The largest absolute Gasteiger partial charge is 0.321 e. The zero-order valence-corrected chi connectivity index (χ0v) is 18.6. The van der Waals surface area contributed by atoms with Crippen molar-refractivity contribution in [3.8, 4) is 0 Å². The number of hydrogen-bond donors (Lipinski definition) is 2. The molecule has 3 aromatic rings. The Hall–Kier alpha value is -3.80. The van der Waals surface area contributed by atoms with Crippen LogP contribution in [0.1, 0.15) is 46.8 Å². The normalized spacial score (nSPS) is 11.2. The van der Waals surface area contributed by atoms with Gasteiger partial charge in [0.15, 0.2) is 0 Å². The minimum absolute atomic E-state index is 0.0531. The van der Waals surface area contributed by atoms with Crippen LogP contribution in [-0.4, -0.2) is 11.8 Å². The lowest BCUT2D eigenvalue weighted by Gasteiger charge is -2.12. The molecule has 0 atom stereocenters. The molecule has 0 bridgehead atoms. The summed E-state index contributed by atoms with van der Waals surface area (Å²) in [5, 5.41) is 5.22. The van der Waals surface area contributed by atoms with Crippen molar-refractivity contribution in [2.45, 2.75) is 33.1 Å². The smallest absolute Gasteiger partial charge is 0.272 e. The van der Waals surface area contributed by atoms with Crippen molar-refractivity contribution in [3.63, 3.8) is 0 Å². The standard InChI is InChI=1S/C27H26F2N2O2/c1-3-4-5-19-7-11-21(12-8-19)26(32)31-25(16-20-9-13-22(28)14-10-20)27(33)30-23-15-6-18(2)24(29)17-23/h6-17H,3-5H2,1-2H3,(H,30,33)(H,31,32). The summed E-state index contributed by atoms with van der Waals surface area (Å²) >= 11 is 0. The van der Waals surface area contributed by atoms with E-state index in [0.717, 1.165) is 24.8 Å². The van der Waals surface area contributed by atoms with Crippen LogP contribution >= 0.6 is 0 Å². The summed E-state index contributed by atoms with van der Waals surface area (Å²) in [5.74, 6) is -1.96. The average molecular weight is 449 g/mol. The summed E-state index contributed by atoms with van der Waals surface area (Å²) < 4.78 is 27.2. The molecule has 0 radical (unpaired) electrons. The van der Waals surface area contributed by atoms with Crippen molar-refractivity contribution < 1.29 is 18.4 Å². The van der Waals surface area contributed by atoms with E-state index in [4.69, 9.17) is 0 Å². The number of anilines is 1. The van der Waals surface area contributed by atoms with E-state index in [2.05, 4.69) is 17.6 Å². The minimum atomic E-state index is -0.629. The Kier molecular flexibility index (Phi) is 8.08. The Morgan fingerprint density at radius 1 is 0.939 bits per heavy atom. The zero-order chi connectivity index (χ0) is 23.8. The van der Waals surface area contributed by atoms with Gasteiger partial charge in [0, 0.05) is 11.3 Å². The molecular formula is C27H26F2N2O2. The number of halogens is 2. The van der Waals surface area contributed by atoms with E-state index in [0.29, 0.717) is 16.7 Å². The van der Waals surface area contributed by atoms with Crippen LogP contribution in [0.25, 0.3) is 6.08 Å². The van der Waals surface area contributed by atoms with Gasteiger partial charge in [0.05, 0.1) is 0 Å². The van der Waals surface area contributed by atoms with Gasteiger partial charge in [-0.2, -0.15) is 0 Å². The van der Waals surface area contributed by atoms with Crippen LogP contribution in [0.5, 0.6) is 0 Å². The molecule has 3 aromatic carbocycles. The molecule has 0 heterocycles. The van der Waals surface area contributed by atoms with E-state index in [-0.39, 0.29) is 11.4 Å². The second-order valence-electron chi connectivity index (χ2n) is 7.78. The van der Waals surface area contributed by atoms with Gasteiger partial charge >= 0.3 is 0 Å². The Morgan fingerprint density at radius 2 is 1.64 bits per heavy atom. The van der Waals surface area contributed by atoms with Gasteiger partial charge in [-0.3, -0.25) is 9.59 Å². The second-order valence-corrected chi connectivity index (χ2v) is 7.78. The van der Waals surface area contributed by atoms with Crippen molar-refractivity contribution in [1.29, 1.82) is 0 Å². The van der Waals surface area contributed by atoms with Crippen LogP contribution in [0.3, 0.4) is 0 Å². The van der Waals surface area contributed by atoms with Gasteiger partial charge in [0.25, 0.3) is 11.8 Å². The molecule has 33 heavy (non-hydrogen) atoms. The SMILES string of the molecule is CCCCc1ccc(C(=O)NC(=Cc2ccc(F)cc2)C(=O)Nc2ccc(C)c(F)c2)cc1. The van der Waals surface area contributed by atoms with E-state index in [9.17, 15) is 18.4 Å². The molecule has 0 saturated heterocycles. The summed E-state index contributed by atoms with van der Waals surface area (Å²) in [6.45, 7) is 3.74. The summed E-state index contributed by atoms with van der Waals surface area (Å²) in [6, 6.07) is 17.0. The van der Waals surface area contributed by atoms with Gasteiger partial charge in [0.1, 0.15) is 17.3 Å². The first kappa shape index (κ1) is 23.9. The van der Waals surface area contributed by atoms with Crippen LogP contribution < -0.4 is 10.6 Å². The maximum absolute atomic E-state index is 13.9. The molecule has 0 aromatic heterocycles. The van der Waals surface area contributed by atoms with Crippen molar-refractivity contribution in [2.75, 3.05) is 5.32 Å². The molecule has 0 fully saturated rings. The molecule has 0 aliphatic carbocycles. The minimum Gasteiger partial charge on any atom is -0.321 e. The Morgan fingerprint density at radius 3 is 2.27 bits per heavy atom. The molecule has 0 spiro atoms. The number of aryl methyl sites for hydroxylation is 2. The third-order valence-electron chi connectivity index (χ3n) is 5.14. The van der Waals surface area contributed by atoms with Gasteiger partial charge < -0.3 is 10.6 Å². The van der Waals surface area contributed by atoms with Crippen molar-refractivity contribution in [1.82, 2.24) is 5.32 Å². The molecular weight excluding hydrogens is 422 g/mol. The molecule has 0 unspecified atom stereocenters. The van der Waals surface area contributed by atoms with E-state index in [1.54, 1.807) is 31.2 Å². The van der Waals surface area contributed by atoms with Gasteiger partial charge in [-0.15, -0.1) is 0 Å². The first-order valence-electron chi connectivity index (χ1n) is 10.8. The molecule has 6 heteroatoms. The predicted octanol–water partition coefficient (Wildman–Crippen LogP) is 6.03. The van der Waals surface area contributed by atoms with Crippen LogP contribution in [0, 0.1) is 18.6 Å². The average Bonchev–Trinajstić information content (AvgIpc) is 2.81. The number of carbonyl (C=O) groups excluding carboxylic acids is 2. The molecule has 4 nitrogen and oxygen atoms in total. The number of hydrogen-bond acceptors (Lipinski definition) is 2. The molecule has 170 valence electrons. The third-order valence-corrected chi connectivity index (χ3v) is 5.14. The molecule has 0 saturated carbocycles. The van der Waals surface area contributed by atoms with Gasteiger partial charge in [-0.1, -0.05) is 43.7 Å². The summed E-state index contributed by atoms with van der Waals surface area (Å²) in [5.41, 5.74) is 2.70. The summed E-state index contributed by atoms with van der Waals surface area (Å²) in [7, 11) is 0. The topological polar surface area (TPSA) is 58.2 Å². The van der Waals surface area contributed by atoms with E-state index < -0.39 is 23.4 Å². The molecule has 2 amide bonds. The Bertz CT molecular complexity index is 1150. The van der Waals surface area contributed by atoms with Crippen molar-refractivity contribution >= 4 is 23.6 Å². The number of carbonyl (C=O) groups is 2. The highest BCUT2D eigenvalue weighted by Gasteiger charge is 2.16. The van der Waals surface area contributed by atoms with Gasteiger partial charge in [-0.05, 0) is 78.9 Å². The van der Waals surface area contributed by atoms with Crippen LogP contribution in [0.15, 0.2) is 72.4 Å².